The third-order valence-electron chi connectivity index (χ3n) is 2.52. The Hall–Kier alpha value is -0.860. The maximum Gasteiger partial charge on any atom is 0.128 e. The van der Waals surface area contributed by atoms with Crippen LogP contribution in [0.3, 0.4) is 0 Å². The third kappa shape index (κ3) is 2.54. The predicted octanol–water partition coefficient (Wildman–Crippen LogP) is 1.82. The van der Waals surface area contributed by atoms with Crippen LogP contribution in [0.4, 0.5) is 4.39 Å². The molecular weight excluding hydrogens is 169 g/mol. The minimum Gasteiger partial charge on any atom is -0.387 e. The highest BCUT2D eigenvalue weighted by atomic mass is 19.1. The van der Waals surface area contributed by atoms with Crippen LogP contribution in [-0.4, -0.2) is 19.0 Å². The van der Waals surface area contributed by atoms with Gasteiger partial charge in [-0.2, -0.15) is 0 Å². The Balaban J connectivity index is 2.50. The van der Waals surface area contributed by atoms with E-state index in [1.54, 1.807) is 6.92 Å². The van der Waals surface area contributed by atoms with Crippen molar-refractivity contribution in [3.63, 3.8) is 0 Å². The largest absolute Gasteiger partial charge is 0.387 e. The molecule has 2 atom stereocenters. The number of halogens is 1. The molecular formula is C10H16FNO. The number of nitrogens with one attached hydrogen (secondary N) is 1. The molecule has 2 nitrogen and oxygen atoms in total. The van der Waals surface area contributed by atoms with Crippen LogP contribution in [0.15, 0.2) is 11.3 Å². The first-order valence-corrected chi connectivity index (χ1v) is 4.68. The number of carbonyl (C=O) groups is 1. The Morgan fingerprint density at radius 2 is 2.46 bits per heavy atom. The van der Waals surface area contributed by atoms with Crippen molar-refractivity contribution in [2.75, 3.05) is 6.54 Å². The maximum atomic E-state index is 12.5. The zero-order valence-corrected chi connectivity index (χ0v) is 8.14. The van der Waals surface area contributed by atoms with Crippen LogP contribution in [-0.2, 0) is 4.79 Å². The summed E-state index contributed by atoms with van der Waals surface area (Å²) in [6.45, 7) is 4.19. The van der Waals surface area contributed by atoms with E-state index >= 15 is 0 Å². The van der Waals surface area contributed by atoms with Crippen molar-refractivity contribution in [2.45, 2.75) is 32.9 Å². The first-order chi connectivity index (χ1) is 6.15. The average Bonchev–Trinajstić information content (AvgIpc) is 2.43. The van der Waals surface area contributed by atoms with E-state index in [0.29, 0.717) is 19.4 Å². The van der Waals surface area contributed by atoms with E-state index in [4.69, 9.17) is 0 Å². The fourth-order valence-corrected chi connectivity index (χ4v) is 1.53. The van der Waals surface area contributed by atoms with E-state index in [0.717, 1.165) is 17.6 Å². The molecule has 13 heavy (non-hydrogen) atoms. The lowest BCUT2D eigenvalue weighted by Gasteiger charge is -2.05. The van der Waals surface area contributed by atoms with Gasteiger partial charge in [0.1, 0.15) is 6.29 Å². The summed E-state index contributed by atoms with van der Waals surface area (Å²) >= 11 is 0. The Bertz CT molecular complexity index is 223. The van der Waals surface area contributed by atoms with Crippen LogP contribution >= 0.6 is 0 Å². The molecule has 0 bridgehead atoms. The number of rotatable bonds is 4. The van der Waals surface area contributed by atoms with E-state index in [9.17, 15) is 9.18 Å². The van der Waals surface area contributed by atoms with E-state index < -0.39 is 6.17 Å². The molecule has 0 aliphatic carbocycles. The molecule has 0 saturated carbocycles. The molecule has 0 aromatic carbocycles. The smallest absolute Gasteiger partial charge is 0.128 e. The van der Waals surface area contributed by atoms with Crippen molar-refractivity contribution < 1.29 is 9.18 Å². The Labute approximate surface area is 78.2 Å². The number of hydrogen-bond acceptors (Lipinski definition) is 2. The van der Waals surface area contributed by atoms with Crippen LogP contribution in [0.2, 0.25) is 0 Å². The minimum atomic E-state index is -0.766. The molecule has 74 valence electrons. The van der Waals surface area contributed by atoms with E-state index in [2.05, 4.69) is 5.32 Å². The topological polar surface area (TPSA) is 29.1 Å². The monoisotopic (exact) mass is 185 g/mol. The molecule has 0 aromatic heterocycles. The van der Waals surface area contributed by atoms with Crippen molar-refractivity contribution in [1.82, 2.24) is 5.32 Å². The quantitative estimate of drug-likeness (QED) is 0.677. The van der Waals surface area contributed by atoms with Gasteiger partial charge in [-0.15, -0.1) is 0 Å². The van der Waals surface area contributed by atoms with E-state index in [1.807, 2.05) is 6.92 Å². The fourth-order valence-electron chi connectivity index (χ4n) is 1.53. The summed E-state index contributed by atoms with van der Waals surface area (Å²) < 4.78 is 12.5. The number of hydrogen-bond donors (Lipinski definition) is 1. The summed E-state index contributed by atoms with van der Waals surface area (Å²) in [6, 6.07) is 0. The van der Waals surface area contributed by atoms with Crippen molar-refractivity contribution in [3.8, 4) is 0 Å². The van der Waals surface area contributed by atoms with Crippen molar-refractivity contribution in [1.29, 1.82) is 0 Å². The highest BCUT2D eigenvalue weighted by Crippen LogP contribution is 2.22. The molecule has 1 heterocycles. The first kappa shape index (κ1) is 10.2. The summed E-state index contributed by atoms with van der Waals surface area (Å²) in [7, 11) is 0. The second-order valence-corrected chi connectivity index (χ2v) is 3.60. The Morgan fingerprint density at radius 1 is 1.77 bits per heavy atom. The lowest BCUT2D eigenvalue weighted by atomic mass is 10.0. The van der Waals surface area contributed by atoms with E-state index in [-0.39, 0.29) is 5.92 Å². The van der Waals surface area contributed by atoms with Crippen LogP contribution < -0.4 is 5.32 Å². The van der Waals surface area contributed by atoms with Gasteiger partial charge in [0, 0.05) is 12.2 Å². The molecule has 0 radical (unpaired) electrons. The van der Waals surface area contributed by atoms with Gasteiger partial charge in [-0.3, -0.25) is 0 Å². The molecule has 3 heteroatoms. The van der Waals surface area contributed by atoms with Crippen LogP contribution in [0, 0.1) is 5.92 Å². The molecule has 1 rings (SSSR count). The normalized spacial score (nSPS) is 24.4. The van der Waals surface area contributed by atoms with Gasteiger partial charge >= 0.3 is 0 Å². The zero-order chi connectivity index (χ0) is 9.84. The second kappa shape index (κ2) is 4.40. The average molecular weight is 185 g/mol. The molecule has 0 spiro atoms. The standard InChI is InChI=1S/C10H16FNO/c1-7(11)3-4-10-8(2)9(6-13)5-12-10/h6-7,9,12H,3-5H2,1-2H3. The highest BCUT2D eigenvalue weighted by Gasteiger charge is 2.20. The molecule has 1 aliphatic rings. The molecule has 0 aromatic rings. The van der Waals surface area contributed by atoms with Crippen molar-refractivity contribution in [2.24, 2.45) is 5.92 Å². The second-order valence-electron chi connectivity index (χ2n) is 3.60. The van der Waals surface area contributed by atoms with Crippen LogP contribution in [0.1, 0.15) is 26.7 Å². The maximum absolute atomic E-state index is 12.5. The zero-order valence-electron chi connectivity index (χ0n) is 8.14. The first-order valence-electron chi connectivity index (χ1n) is 4.68. The van der Waals surface area contributed by atoms with Crippen molar-refractivity contribution in [3.05, 3.63) is 11.3 Å². The fraction of sp³-hybridized carbons (Fsp3) is 0.700. The third-order valence-corrected chi connectivity index (χ3v) is 2.52. The number of allylic oxidation sites excluding steroid dienone is 1. The number of alkyl halides is 1. The van der Waals surface area contributed by atoms with Crippen molar-refractivity contribution >= 4 is 6.29 Å². The number of carbonyl (C=O) groups excluding carboxylic acids is 1. The molecule has 2 unspecified atom stereocenters. The molecule has 0 amide bonds. The Morgan fingerprint density at radius 3 is 2.92 bits per heavy atom. The predicted molar refractivity (Wildman–Crippen MR) is 50.1 cm³/mol. The van der Waals surface area contributed by atoms with Gasteiger partial charge in [-0.25, -0.2) is 4.39 Å². The van der Waals surface area contributed by atoms with Gasteiger partial charge in [0.2, 0.25) is 0 Å². The summed E-state index contributed by atoms with van der Waals surface area (Å²) in [5, 5.41) is 3.14. The van der Waals surface area contributed by atoms with Gasteiger partial charge in [-0.05, 0) is 32.3 Å². The SMILES string of the molecule is CC1=C(CCC(C)F)NCC1C=O. The summed E-state index contributed by atoms with van der Waals surface area (Å²) in [5.41, 5.74) is 2.14. The Kier molecular flexibility index (Phi) is 3.46. The molecule has 1 aliphatic heterocycles. The van der Waals surface area contributed by atoms with Gasteiger partial charge < -0.3 is 10.1 Å². The summed E-state index contributed by atoms with van der Waals surface area (Å²) in [4.78, 5) is 10.6. The lowest BCUT2D eigenvalue weighted by Crippen LogP contribution is -2.13. The lowest BCUT2D eigenvalue weighted by molar-refractivity contribution is -0.109. The molecule has 0 fully saturated rings. The molecule has 0 saturated heterocycles. The van der Waals surface area contributed by atoms with Gasteiger partial charge in [-0.1, -0.05) is 0 Å². The molecule has 1 N–H and O–H groups in total. The summed E-state index contributed by atoms with van der Waals surface area (Å²) in [5.74, 6) is 0.00455. The van der Waals surface area contributed by atoms with Gasteiger partial charge in [0.05, 0.1) is 12.1 Å². The highest BCUT2D eigenvalue weighted by molar-refractivity contribution is 5.61. The van der Waals surface area contributed by atoms with Gasteiger partial charge in [0.15, 0.2) is 0 Å². The van der Waals surface area contributed by atoms with Gasteiger partial charge in [0.25, 0.3) is 0 Å². The minimum absolute atomic E-state index is 0.00455. The van der Waals surface area contributed by atoms with Crippen LogP contribution in [0.5, 0.6) is 0 Å². The van der Waals surface area contributed by atoms with E-state index in [1.165, 1.54) is 0 Å². The number of aldehydes is 1. The van der Waals surface area contributed by atoms with Crippen LogP contribution in [0.25, 0.3) is 0 Å². The summed E-state index contributed by atoms with van der Waals surface area (Å²) in [6.07, 6.45) is 1.44.